The summed E-state index contributed by atoms with van der Waals surface area (Å²) in [6.45, 7) is 6.11. The summed E-state index contributed by atoms with van der Waals surface area (Å²) in [4.78, 5) is 17.5. The van der Waals surface area contributed by atoms with Crippen LogP contribution < -0.4 is 4.72 Å². The van der Waals surface area contributed by atoms with E-state index in [1.54, 1.807) is 0 Å². The number of pyridine rings is 1. The van der Waals surface area contributed by atoms with Crippen LogP contribution in [0.2, 0.25) is 0 Å². The molecular formula is C17H25N3O3S. The van der Waals surface area contributed by atoms with Crippen molar-refractivity contribution in [3.05, 3.63) is 29.6 Å². The van der Waals surface area contributed by atoms with Crippen LogP contribution in [0.5, 0.6) is 0 Å². The number of amides is 1. The molecule has 7 heteroatoms. The first kappa shape index (κ1) is 17.5. The van der Waals surface area contributed by atoms with Gasteiger partial charge in [-0.05, 0) is 63.5 Å². The predicted molar refractivity (Wildman–Crippen MR) is 92.9 cm³/mol. The van der Waals surface area contributed by atoms with Crippen LogP contribution in [0.25, 0.3) is 0 Å². The average Bonchev–Trinajstić information content (AvgIpc) is 2.83. The Morgan fingerprint density at radius 1 is 1.50 bits per heavy atom. The van der Waals surface area contributed by atoms with Gasteiger partial charge in [0.05, 0.1) is 0 Å². The van der Waals surface area contributed by atoms with Gasteiger partial charge < -0.3 is 9.66 Å². The van der Waals surface area contributed by atoms with Crippen molar-refractivity contribution in [3.8, 4) is 0 Å². The number of carboxylic acid groups (broad SMARTS) is 1. The smallest absolute Gasteiger partial charge is 0.408 e. The Labute approximate surface area is 146 Å². The van der Waals surface area contributed by atoms with Gasteiger partial charge in [0.25, 0.3) is 0 Å². The van der Waals surface area contributed by atoms with E-state index in [0.717, 1.165) is 25.0 Å². The van der Waals surface area contributed by atoms with E-state index in [1.807, 2.05) is 33.0 Å². The second-order valence-corrected chi connectivity index (χ2v) is 9.91. The summed E-state index contributed by atoms with van der Waals surface area (Å²) >= 11 is -1.31. The van der Waals surface area contributed by atoms with Crippen LogP contribution in [0, 0.1) is 5.41 Å². The number of rotatable bonds is 2. The molecule has 1 aromatic rings. The topological polar surface area (TPSA) is 88.5 Å². The van der Waals surface area contributed by atoms with Gasteiger partial charge in [0.1, 0.15) is 10.9 Å². The van der Waals surface area contributed by atoms with Crippen LogP contribution in [-0.4, -0.2) is 43.1 Å². The maximum atomic E-state index is 12.5. The lowest BCUT2D eigenvalue weighted by atomic mass is 9.75. The number of hydrogen-bond acceptors (Lipinski definition) is 4. The highest BCUT2D eigenvalue weighted by molar-refractivity contribution is 7.90. The summed E-state index contributed by atoms with van der Waals surface area (Å²) in [5, 5.41) is 9.50. The lowest BCUT2D eigenvalue weighted by molar-refractivity contribution is 0.0485. The molecule has 132 valence electrons. The Kier molecular flexibility index (Phi) is 4.53. The summed E-state index contributed by atoms with van der Waals surface area (Å²) in [5.74, 6) is 0. The van der Waals surface area contributed by atoms with Gasteiger partial charge in [0.15, 0.2) is 0 Å². The van der Waals surface area contributed by atoms with Crippen LogP contribution >= 0.6 is 0 Å². The van der Waals surface area contributed by atoms with Crippen molar-refractivity contribution >= 4 is 17.5 Å². The van der Waals surface area contributed by atoms with Crippen molar-refractivity contribution in [3.63, 3.8) is 0 Å². The summed E-state index contributed by atoms with van der Waals surface area (Å²) in [6, 6.07) is 4.06. The zero-order chi connectivity index (χ0) is 17.5. The Balaban J connectivity index is 1.79. The maximum absolute atomic E-state index is 12.5. The van der Waals surface area contributed by atoms with E-state index in [0.29, 0.717) is 13.0 Å². The van der Waals surface area contributed by atoms with Crippen LogP contribution in [0.3, 0.4) is 0 Å². The standard InChI is InChI=1S/C17H25N3O3S/c1-16(2,3)24(23)19-14-11-17(6-8-20(14)15(21)22)9-12-5-4-7-18-13(12)10-17/h4-5,7,14,19H,6,8-11H2,1-3H3,(H,21,22)/t14?,17?,24-/m1/s1. The fraction of sp³-hybridized carbons (Fsp3) is 0.647. The normalized spacial score (nSPS) is 28.0. The minimum absolute atomic E-state index is 0.0163. The fourth-order valence-electron chi connectivity index (χ4n) is 3.70. The number of nitrogens with one attached hydrogen (secondary N) is 1. The van der Waals surface area contributed by atoms with E-state index in [9.17, 15) is 14.5 Å². The molecule has 0 radical (unpaired) electrons. The molecule has 2 aliphatic rings. The summed E-state index contributed by atoms with van der Waals surface area (Å²) < 4.78 is 15.1. The molecule has 24 heavy (non-hydrogen) atoms. The lowest BCUT2D eigenvalue weighted by Gasteiger charge is -2.44. The third-order valence-electron chi connectivity index (χ3n) is 5.02. The molecule has 1 fully saturated rings. The third kappa shape index (κ3) is 3.38. The number of nitrogens with zero attached hydrogens (tertiary/aromatic N) is 2. The first-order chi connectivity index (χ1) is 11.2. The number of piperidine rings is 1. The van der Waals surface area contributed by atoms with E-state index >= 15 is 0 Å². The molecule has 1 aliphatic heterocycles. The molecule has 3 rings (SSSR count). The molecule has 6 nitrogen and oxygen atoms in total. The molecule has 0 saturated carbocycles. The number of carbonyl (C=O) groups is 1. The first-order valence-corrected chi connectivity index (χ1v) is 9.46. The minimum Gasteiger partial charge on any atom is -0.598 e. The number of likely N-dealkylation sites (tertiary alicyclic amines) is 1. The molecular weight excluding hydrogens is 326 g/mol. The quantitative estimate of drug-likeness (QED) is 0.798. The van der Waals surface area contributed by atoms with Crippen molar-refractivity contribution in [1.82, 2.24) is 14.6 Å². The largest absolute Gasteiger partial charge is 0.598 e. The van der Waals surface area contributed by atoms with Crippen LogP contribution in [0.1, 0.15) is 44.9 Å². The van der Waals surface area contributed by atoms with Crippen molar-refractivity contribution in [1.29, 1.82) is 0 Å². The van der Waals surface area contributed by atoms with E-state index in [4.69, 9.17) is 0 Å². The van der Waals surface area contributed by atoms with Crippen LogP contribution in [0.4, 0.5) is 4.79 Å². The summed E-state index contributed by atoms with van der Waals surface area (Å²) in [6.07, 6.45) is 3.70. The average molecular weight is 351 g/mol. The fourth-order valence-corrected chi connectivity index (χ4v) is 4.52. The van der Waals surface area contributed by atoms with Gasteiger partial charge in [0.2, 0.25) is 0 Å². The maximum Gasteiger partial charge on any atom is 0.408 e. The Hall–Kier alpha value is -1.31. The lowest BCUT2D eigenvalue weighted by Crippen LogP contribution is -2.59. The van der Waals surface area contributed by atoms with Gasteiger partial charge in [-0.25, -0.2) is 4.79 Å². The molecule has 2 heterocycles. The van der Waals surface area contributed by atoms with Gasteiger partial charge >= 0.3 is 6.09 Å². The van der Waals surface area contributed by atoms with E-state index in [1.165, 1.54) is 10.5 Å². The highest BCUT2D eigenvalue weighted by Crippen LogP contribution is 2.45. The van der Waals surface area contributed by atoms with E-state index in [2.05, 4.69) is 15.8 Å². The zero-order valence-electron chi connectivity index (χ0n) is 14.4. The van der Waals surface area contributed by atoms with Crippen molar-refractivity contribution in [2.45, 2.75) is 57.4 Å². The zero-order valence-corrected chi connectivity index (χ0v) is 15.2. The van der Waals surface area contributed by atoms with Gasteiger partial charge in [-0.3, -0.25) is 9.88 Å². The molecule has 2 N–H and O–H groups in total. The van der Waals surface area contributed by atoms with Gasteiger partial charge in [-0.1, -0.05) is 6.07 Å². The van der Waals surface area contributed by atoms with Crippen LogP contribution in [-0.2, 0) is 24.2 Å². The third-order valence-corrected chi connectivity index (χ3v) is 6.62. The highest BCUT2D eigenvalue weighted by Gasteiger charge is 2.47. The summed E-state index contributed by atoms with van der Waals surface area (Å²) in [7, 11) is 0. The molecule has 0 aromatic carbocycles. The van der Waals surface area contributed by atoms with Crippen molar-refractivity contribution < 1.29 is 14.5 Å². The second-order valence-electron chi connectivity index (χ2n) is 7.91. The van der Waals surface area contributed by atoms with E-state index in [-0.39, 0.29) is 5.41 Å². The molecule has 1 aromatic heterocycles. The number of aromatic nitrogens is 1. The molecule has 2 unspecified atom stereocenters. The Bertz CT molecular complexity index is 607. The summed E-state index contributed by atoms with van der Waals surface area (Å²) in [5.41, 5.74) is 2.40. The predicted octanol–water partition coefficient (Wildman–Crippen LogP) is 2.32. The monoisotopic (exact) mass is 351 g/mol. The van der Waals surface area contributed by atoms with Gasteiger partial charge in [-0.2, -0.15) is 0 Å². The van der Waals surface area contributed by atoms with Gasteiger partial charge in [-0.15, -0.1) is 4.72 Å². The van der Waals surface area contributed by atoms with Gasteiger partial charge in [0, 0.05) is 29.8 Å². The first-order valence-electron chi connectivity index (χ1n) is 8.31. The molecule has 1 saturated heterocycles. The highest BCUT2D eigenvalue weighted by atomic mass is 32.2. The van der Waals surface area contributed by atoms with Crippen LogP contribution in [0.15, 0.2) is 18.3 Å². The van der Waals surface area contributed by atoms with Crippen molar-refractivity contribution in [2.75, 3.05) is 6.54 Å². The Morgan fingerprint density at radius 3 is 2.88 bits per heavy atom. The number of hydrogen-bond donors (Lipinski definition) is 2. The molecule has 3 atom stereocenters. The number of fused-ring (bicyclic) bond motifs is 1. The molecule has 1 aliphatic carbocycles. The second kappa shape index (κ2) is 6.20. The van der Waals surface area contributed by atoms with Crippen molar-refractivity contribution in [2.24, 2.45) is 5.41 Å². The minimum atomic E-state index is -1.31. The molecule has 0 bridgehead atoms. The molecule has 1 amide bonds. The molecule has 1 spiro atoms. The Morgan fingerprint density at radius 2 is 2.25 bits per heavy atom. The van der Waals surface area contributed by atoms with E-state index < -0.39 is 28.4 Å². The SMILES string of the molecule is CC(C)(C)[S@@+]([O-])NC1CC2(CCN1C(=O)O)Cc1cccnc1C2.